The molecule has 0 spiro atoms. The minimum Gasteiger partial charge on any atom is -0.381 e. The lowest BCUT2D eigenvalue weighted by Crippen LogP contribution is -2.44. The first-order valence-electron chi connectivity index (χ1n) is 6.32. The molecule has 1 heterocycles. The fourth-order valence-corrected chi connectivity index (χ4v) is 2.50. The zero-order chi connectivity index (χ0) is 13.9. The summed E-state index contributed by atoms with van der Waals surface area (Å²) in [5.41, 5.74) is 5.89. The molecule has 0 atom stereocenters. The van der Waals surface area contributed by atoms with Gasteiger partial charge in [0.15, 0.2) is 0 Å². The first kappa shape index (κ1) is 14.4. The second-order valence-electron chi connectivity index (χ2n) is 4.95. The van der Waals surface area contributed by atoms with Crippen LogP contribution in [0, 0.1) is 11.2 Å². The number of carbonyl (C=O) groups excluding carboxylic acids is 1. The lowest BCUT2D eigenvalue weighted by atomic mass is 9.74. The molecule has 0 radical (unpaired) electrons. The Morgan fingerprint density at radius 1 is 1.42 bits per heavy atom. The summed E-state index contributed by atoms with van der Waals surface area (Å²) >= 11 is 5.62. The van der Waals surface area contributed by atoms with Crippen LogP contribution >= 0.6 is 11.6 Å². The van der Waals surface area contributed by atoms with E-state index >= 15 is 0 Å². The summed E-state index contributed by atoms with van der Waals surface area (Å²) in [5, 5.41) is 0.0656. The maximum absolute atomic E-state index is 13.4. The number of Topliss-reactive ketones (excluding diaryl/α,β-unsaturated/α-hetero) is 1. The average molecular weight is 286 g/mol. The molecule has 104 valence electrons. The molecule has 5 heteroatoms. The predicted octanol–water partition coefficient (Wildman–Crippen LogP) is 2.35. The normalized spacial score (nSPS) is 18.3. The molecule has 1 aliphatic heterocycles. The summed E-state index contributed by atoms with van der Waals surface area (Å²) < 4.78 is 18.6. The van der Waals surface area contributed by atoms with E-state index in [9.17, 15) is 9.18 Å². The number of hydrogen-bond donors (Lipinski definition) is 1. The van der Waals surface area contributed by atoms with Gasteiger partial charge >= 0.3 is 0 Å². The number of rotatable bonds is 4. The van der Waals surface area contributed by atoms with E-state index in [-0.39, 0.29) is 17.2 Å². The minimum atomic E-state index is -0.519. The molecular weight excluding hydrogens is 269 g/mol. The highest BCUT2D eigenvalue weighted by Gasteiger charge is 2.38. The van der Waals surface area contributed by atoms with Gasteiger partial charge in [-0.05, 0) is 30.5 Å². The fourth-order valence-electron chi connectivity index (χ4n) is 2.38. The number of hydrogen-bond acceptors (Lipinski definition) is 3. The van der Waals surface area contributed by atoms with E-state index in [1.807, 2.05) is 0 Å². The van der Waals surface area contributed by atoms with E-state index in [1.165, 1.54) is 12.1 Å². The van der Waals surface area contributed by atoms with Crippen LogP contribution in [-0.4, -0.2) is 25.5 Å². The number of nitrogens with two attached hydrogens (primary N) is 1. The molecule has 0 unspecified atom stereocenters. The quantitative estimate of drug-likeness (QED) is 0.924. The smallest absolute Gasteiger partial charge is 0.144 e. The zero-order valence-corrected chi connectivity index (χ0v) is 11.4. The number of benzene rings is 1. The molecule has 1 fully saturated rings. The van der Waals surface area contributed by atoms with Crippen molar-refractivity contribution in [2.24, 2.45) is 11.1 Å². The number of ether oxygens (including phenoxy) is 1. The Morgan fingerprint density at radius 3 is 2.68 bits per heavy atom. The second-order valence-corrected chi connectivity index (χ2v) is 5.35. The summed E-state index contributed by atoms with van der Waals surface area (Å²) in [6.45, 7) is 1.42. The van der Waals surface area contributed by atoms with Crippen molar-refractivity contribution in [2.45, 2.75) is 19.3 Å². The predicted molar refractivity (Wildman–Crippen MR) is 71.7 cm³/mol. The maximum atomic E-state index is 13.4. The van der Waals surface area contributed by atoms with E-state index in [0.29, 0.717) is 38.2 Å². The molecule has 0 bridgehead atoms. The molecule has 1 aromatic carbocycles. The van der Waals surface area contributed by atoms with Gasteiger partial charge in [0, 0.05) is 31.6 Å². The van der Waals surface area contributed by atoms with Crippen LogP contribution in [0.2, 0.25) is 5.02 Å². The van der Waals surface area contributed by atoms with Gasteiger partial charge in [0.1, 0.15) is 11.6 Å². The highest BCUT2D eigenvalue weighted by molar-refractivity contribution is 6.30. The molecule has 19 heavy (non-hydrogen) atoms. The molecule has 0 amide bonds. The average Bonchev–Trinajstić information content (AvgIpc) is 2.43. The summed E-state index contributed by atoms with van der Waals surface area (Å²) in [7, 11) is 0. The molecule has 2 rings (SSSR count). The molecule has 0 aliphatic carbocycles. The summed E-state index contributed by atoms with van der Waals surface area (Å²) in [4.78, 5) is 12.4. The molecule has 0 saturated carbocycles. The van der Waals surface area contributed by atoms with Crippen molar-refractivity contribution >= 4 is 17.4 Å². The van der Waals surface area contributed by atoms with Gasteiger partial charge in [-0.2, -0.15) is 0 Å². The van der Waals surface area contributed by atoms with E-state index < -0.39 is 11.2 Å². The monoisotopic (exact) mass is 285 g/mol. The van der Waals surface area contributed by atoms with Gasteiger partial charge in [-0.1, -0.05) is 17.7 Å². The lowest BCUT2D eigenvalue weighted by molar-refractivity contribution is -0.132. The van der Waals surface area contributed by atoms with Crippen LogP contribution in [0.4, 0.5) is 4.39 Å². The summed E-state index contributed by atoms with van der Waals surface area (Å²) in [6.07, 6.45) is 1.46. The minimum absolute atomic E-state index is 0.0556. The SMILES string of the molecule is NCC1(C(=O)Cc2ccc(Cl)c(F)c2)CCOCC1. The topological polar surface area (TPSA) is 52.3 Å². The molecule has 3 nitrogen and oxygen atoms in total. The third-order valence-corrected chi connectivity index (χ3v) is 4.09. The number of halogens is 2. The van der Waals surface area contributed by atoms with Crippen LogP contribution in [0.1, 0.15) is 18.4 Å². The van der Waals surface area contributed by atoms with Gasteiger partial charge < -0.3 is 10.5 Å². The third kappa shape index (κ3) is 3.14. The van der Waals surface area contributed by atoms with Gasteiger partial charge in [-0.25, -0.2) is 4.39 Å². The second kappa shape index (κ2) is 5.99. The van der Waals surface area contributed by atoms with Crippen LogP contribution in [0.25, 0.3) is 0 Å². The van der Waals surface area contributed by atoms with Crippen LogP contribution < -0.4 is 5.73 Å². The van der Waals surface area contributed by atoms with E-state index in [4.69, 9.17) is 22.1 Å². The van der Waals surface area contributed by atoms with Crippen molar-refractivity contribution in [3.05, 3.63) is 34.6 Å². The third-order valence-electron chi connectivity index (χ3n) is 3.78. The van der Waals surface area contributed by atoms with Gasteiger partial charge in [0.05, 0.1) is 5.02 Å². The zero-order valence-electron chi connectivity index (χ0n) is 10.6. The Kier molecular flexibility index (Phi) is 4.55. The van der Waals surface area contributed by atoms with E-state index in [0.717, 1.165) is 0 Å². The number of ketones is 1. The highest BCUT2D eigenvalue weighted by Crippen LogP contribution is 2.32. The van der Waals surface area contributed by atoms with Gasteiger partial charge in [0.25, 0.3) is 0 Å². The Labute approximate surface area is 116 Å². The maximum Gasteiger partial charge on any atom is 0.144 e. The van der Waals surface area contributed by atoms with Crippen molar-refractivity contribution in [3.63, 3.8) is 0 Å². The molecule has 1 aliphatic rings. The standard InChI is InChI=1S/C14H17ClFNO2/c15-11-2-1-10(7-12(11)16)8-13(18)14(9-17)3-5-19-6-4-14/h1-2,7H,3-6,8-9,17H2. The Hall–Kier alpha value is -0.970. The Morgan fingerprint density at radius 2 is 2.11 bits per heavy atom. The van der Waals surface area contributed by atoms with E-state index in [2.05, 4.69) is 0 Å². The Balaban J connectivity index is 2.12. The Bertz CT molecular complexity index is 473. The van der Waals surface area contributed by atoms with Gasteiger partial charge in [0.2, 0.25) is 0 Å². The molecule has 1 aromatic rings. The first-order chi connectivity index (χ1) is 9.07. The van der Waals surface area contributed by atoms with Crippen LogP contribution in [-0.2, 0) is 16.0 Å². The summed E-state index contributed by atoms with van der Waals surface area (Å²) in [6, 6.07) is 4.45. The van der Waals surface area contributed by atoms with Crippen LogP contribution in [0.3, 0.4) is 0 Å². The van der Waals surface area contributed by atoms with Crippen LogP contribution in [0.5, 0.6) is 0 Å². The molecule has 0 aromatic heterocycles. The van der Waals surface area contributed by atoms with Crippen molar-refractivity contribution in [1.29, 1.82) is 0 Å². The van der Waals surface area contributed by atoms with E-state index in [1.54, 1.807) is 6.07 Å². The molecule has 1 saturated heterocycles. The first-order valence-corrected chi connectivity index (χ1v) is 6.70. The van der Waals surface area contributed by atoms with Crippen molar-refractivity contribution in [3.8, 4) is 0 Å². The van der Waals surface area contributed by atoms with Crippen molar-refractivity contribution in [2.75, 3.05) is 19.8 Å². The number of carbonyl (C=O) groups is 1. The molecular formula is C14H17ClFNO2. The highest BCUT2D eigenvalue weighted by atomic mass is 35.5. The van der Waals surface area contributed by atoms with Crippen molar-refractivity contribution in [1.82, 2.24) is 0 Å². The molecule has 2 N–H and O–H groups in total. The fraction of sp³-hybridized carbons (Fsp3) is 0.500. The van der Waals surface area contributed by atoms with Crippen LogP contribution in [0.15, 0.2) is 18.2 Å². The van der Waals surface area contributed by atoms with Gasteiger partial charge in [-0.15, -0.1) is 0 Å². The summed E-state index contributed by atoms with van der Waals surface area (Å²) in [5.74, 6) is -0.444. The van der Waals surface area contributed by atoms with Crippen molar-refractivity contribution < 1.29 is 13.9 Å². The lowest BCUT2D eigenvalue weighted by Gasteiger charge is -2.34. The largest absolute Gasteiger partial charge is 0.381 e. The van der Waals surface area contributed by atoms with Gasteiger partial charge in [-0.3, -0.25) is 4.79 Å².